The molecule has 1 spiro atoms. The van der Waals surface area contributed by atoms with E-state index in [4.69, 9.17) is 15.2 Å². The number of hydrogen-bond acceptors (Lipinski definition) is 4. The number of rotatable bonds is 2. The van der Waals surface area contributed by atoms with Crippen LogP contribution in [-0.2, 0) is 9.47 Å². The zero-order valence-corrected chi connectivity index (χ0v) is 13.1. The van der Waals surface area contributed by atoms with E-state index < -0.39 is 5.60 Å². The lowest BCUT2D eigenvalue weighted by molar-refractivity contribution is -0.149. The fourth-order valence-corrected chi connectivity index (χ4v) is 3.37. The molecule has 2 N–H and O–H groups in total. The molecule has 2 rings (SSSR count). The predicted molar refractivity (Wildman–Crippen MR) is 77.5 cm³/mol. The summed E-state index contributed by atoms with van der Waals surface area (Å²) in [5.41, 5.74) is 5.72. The quantitative estimate of drug-likeness (QED) is 0.843. The molecule has 1 saturated carbocycles. The third kappa shape index (κ3) is 2.93. The monoisotopic (exact) mass is 284 g/mol. The Morgan fingerprint density at radius 1 is 1.45 bits per heavy atom. The van der Waals surface area contributed by atoms with E-state index in [0.29, 0.717) is 13.2 Å². The van der Waals surface area contributed by atoms with Gasteiger partial charge in [0, 0.05) is 31.2 Å². The molecule has 1 heterocycles. The molecule has 3 atom stereocenters. The lowest BCUT2D eigenvalue weighted by Crippen LogP contribution is -2.68. The molecule has 0 aromatic rings. The number of carbonyl (C=O) groups is 1. The van der Waals surface area contributed by atoms with Crippen LogP contribution in [0.4, 0.5) is 4.79 Å². The van der Waals surface area contributed by atoms with E-state index in [1.807, 2.05) is 27.7 Å². The lowest BCUT2D eigenvalue weighted by atomic mass is 9.58. The molecule has 2 fully saturated rings. The van der Waals surface area contributed by atoms with Gasteiger partial charge in [-0.15, -0.1) is 0 Å². The second-order valence-electron chi connectivity index (χ2n) is 7.02. The fraction of sp³-hybridized carbons (Fsp3) is 0.933. The van der Waals surface area contributed by atoms with Gasteiger partial charge in [0.05, 0.1) is 6.10 Å². The van der Waals surface area contributed by atoms with Gasteiger partial charge in [0.1, 0.15) is 5.60 Å². The maximum atomic E-state index is 12.2. The third-order valence-corrected chi connectivity index (χ3v) is 4.42. The molecule has 1 aliphatic heterocycles. The number of piperidine rings is 1. The van der Waals surface area contributed by atoms with Crippen molar-refractivity contribution in [2.75, 3.05) is 19.7 Å². The Labute approximate surface area is 121 Å². The van der Waals surface area contributed by atoms with Crippen LogP contribution in [0, 0.1) is 5.41 Å². The molecular formula is C15H28N2O3. The molecule has 5 heteroatoms. The highest BCUT2D eigenvalue weighted by atomic mass is 16.6. The first-order valence-electron chi connectivity index (χ1n) is 7.63. The van der Waals surface area contributed by atoms with Gasteiger partial charge in [-0.05, 0) is 47.0 Å². The summed E-state index contributed by atoms with van der Waals surface area (Å²) in [4.78, 5) is 14.0. The number of nitrogens with two attached hydrogens (primary N) is 1. The largest absolute Gasteiger partial charge is 0.444 e. The van der Waals surface area contributed by atoms with Crippen molar-refractivity contribution < 1.29 is 14.3 Å². The average molecular weight is 284 g/mol. The molecule has 3 unspecified atom stereocenters. The number of nitrogens with zero attached hydrogens (tertiary/aromatic N) is 1. The maximum Gasteiger partial charge on any atom is 0.410 e. The third-order valence-electron chi connectivity index (χ3n) is 4.42. The first-order valence-corrected chi connectivity index (χ1v) is 7.63. The van der Waals surface area contributed by atoms with Crippen LogP contribution in [0.25, 0.3) is 0 Å². The Hall–Kier alpha value is -0.810. The highest BCUT2D eigenvalue weighted by Gasteiger charge is 2.56. The van der Waals surface area contributed by atoms with Crippen LogP contribution in [0.1, 0.15) is 47.0 Å². The molecule has 2 aliphatic rings. The number of amides is 1. The Morgan fingerprint density at radius 2 is 2.15 bits per heavy atom. The smallest absolute Gasteiger partial charge is 0.410 e. The van der Waals surface area contributed by atoms with Crippen LogP contribution < -0.4 is 5.73 Å². The molecular weight excluding hydrogens is 256 g/mol. The molecule has 0 bridgehead atoms. The van der Waals surface area contributed by atoms with Crippen LogP contribution >= 0.6 is 0 Å². The summed E-state index contributed by atoms with van der Waals surface area (Å²) in [6.45, 7) is 9.79. The molecule has 0 radical (unpaired) electrons. The van der Waals surface area contributed by atoms with Gasteiger partial charge >= 0.3 is 6.09 Å². The van der Waals surface area contributed by atoms with Gasteiger partial charge < -0.3 is 20.1 Å². The highest BCUT2D eigenvalue weighted by molar-refractivity contribution is 5.68. The number of hydrogen-bond donors (Lipinski definition) is 1. The molecule has 1 amide bonds. The second-order valence-corrected chi connectivity index (χ2v) is 7.02. The Bertz CT molecular complexity index is 365. The van der Waals surface area contributed by atoms with E-state index in [-0.39, 0.29) is 23.7 Å². The summed E-state index contributed by atoms with van der Waals surface area (Å²) < 4.78 is 11.3. The van der Waals surface area contributed by atoms with Crippen molar-refractivity contribution >= 4 is 6.09 Å². The van der Waals surface area contributed by atoms with E-state index in [9.17, 15) is 4.79 Å². The zero-order valence-electron chi connectivity index (χ0n) is 13.1. The van der Waals surface area contributed by atoms with Gasteiger partial charge in [0.25, 0.3) is 0 Å². The summed E-state index contributed by atoms with van der Waals surface area (Å²) >= 11 is 0. The van der Waals surface area contributed by atoms with Crippen molar-refractivity contribution in [2.24, 2.45) is 11.1 Å². The van der Waals surface area contributed by atoms with E-state index in [2.05, 4.69) is 0 Å². The Morgan fingerprint density at radius 3 is 2.70 bits per heavy atom. The Balaban J connectivity index is 2.02. The minimum absolute atomic E-state index is 0.0643. The van der Waals surface area contributed by atoms with E-state index in [1.165, 1.54) is 0 Å². The van der Waals surface area contributed by atoms with Gasteiger partial charge in [-0.3, -0.25) is 0 Å². The topological polar surface area (TPSA) is 64.8 Å². The fourth-order valence-electron chi connectivity index (χ4n) is 3.37. The molecule has 0 aromatic heterocycles. The van der Waals surface area contributed by atoms with Crippen LogP contribution in [0.2, 0.25) is 0 Å². The first-order chi connectivity index (χ1) is 9.28. The van der Waals surface area contributed by atoms with Crippen LogP contribution in [0.5, 0.6) is 0 Å². The second kappa shape index (κ2) is 5.53. The summed E-state index contributed by atoms with van der Waals surface area (Å²) in [6.07, 6.45) is 2.86. The highest BCUT2D eigenvalue weighted by Crippen LogP contribution is 2.48. The maximum absolute atomic E-state index is 12.2. The standard InChI is InChI=1S/C15H28N2O3/c1-5-19-12-9-11(16)15(12)7-6-8-17(10-15)13(18)20-14(2,3)4/h11-12H,5-10,16H2,1-4H3. The van der Waals surface area contributed by atoms with Gasteiger partial charge in [-0.25, -0.2) is 4.79 Å². The SMILES string of the molecule is CCOC1CC(N)C12CCCN(C(=O)OC(C)(C)C)C2. The number of ether oxygens (including phenoxy) is 2. The van der Waals surface area contributed by atoms with Crippen molar-refractivity contribution in [2.45, 2.75) is 64.7 Å². The lowest BCUT2D eigenvalue weighted by Gasteiger charge is -2.57. The van der Waals surface area contributed by atoms with Crippen molar-refractivity contribution in [1.29, 1.82) is 0 Å². The molecule has 1 saturated heterocycles. The van der Waals surface area contributed by atoms with E-state index >= 15 is 0 Å². The zero-order chi connectivity index (χ0) is 15.0. The van der Waals surface area contributed by atoms with Crippen LogP contribution in [0.3, 0.4) is 0 Å². The van der Waals surface area contributed by atoms with Gasteiger partial charge in [-0.1, -0.05) is 0 Å². The summed E-state index contributed by atoms with van der Waals surface area (Å²) in [6, 6.07) is 0.129. The number of carbonyl (C=O) groups excluding carboxylic acids is 1. The van der Waals surface area contributed by atoms with Crippen molar-refractivity contribution in [3.63, 3.8) is 0 Å². The average Bonchev–Trinajstić information content (AvgIpc) is 2.37. The Kier molecular flexibility index (Phi) is 4.30. The van der Waals surface area contributed by atoms with Gasteiger partial charge in [0.2, 0.25) is 0 Å². The first kappa shape index (κ1) is 15.6. The van der Waals surface area contributed by atoms with Crippen molar-refractivity contribution in [3.05, 3.63) is 0 Å². The molecule has 0 aromatic carbocycles. The van der Waals surface area contributed by atoms with E-state index in [0.717, 1.165) is 25.8 Å². The molecule has 116 valence electrons. The predicted octanol–water partition coefficient (Wildman–Crippen LogP) is 2.14. The summed E-state index contributed by atoms with van der Waals surface area (Å²) in [5.74, 6) is 0. The van der Waals surface area contributed by atoms with Crippen molar-refractivity contribution in [1.82, 2.24) is 4.90 Å². The summed E-state index contributed by atoms with van der Waals surface area (Å²) in [7, 11) is 0. The minimum Gasteiger partial charge on any atom is -0.444 e. The van der Waals surface area contributed by atoms with Gasteiger partial charge in [-0.2, -0.15) is 0 Å². The van der Waals surface area contributed by atoms with E-state index in [1.54, 1.807) is 4.90 Å². The summed E-state index contributed by atoms with van der Waals surface area (Å²) in [5, 5.41) is 0. The van der Waals surface area contributed by atoms with Crippen molar-refractivity contribution in [3.8, 4) is 0 Å². The van der Waals surface area contributed by atoms with Crippen LogP contribution in [-0.4, -0.2) is 48.4 Å². The molecule has 1 aliphatic carbocycles. The molecule has 20 heavy (non-hydrogen) atoms. The van der Waals surface area contributed by atoms with Gasteiger partial charge in [0.15, 0.2) is 0 Å². The normalized spacial score (nSPS) is 34.0. The number of likely N-dealkylation sites (tertiary alicyclic amines) is 1. The molecule has 5 nitrogen and oxygen atoms in total. The van der Waals surface area contributed by atoms with Crippen LogP contribution in [0.15, 0.2) is 0 Å². The minimum atomic E-state index is -0.456.